The third-order valence-electron chi connectivity index (χ3n) is 1.21. The maximum atomic E-state index is 10.1. The molecule has 0 aliphatic heterocycles. The van der Waals surface area contributed by atoms with E-state index in [1.807, 2.05) is 30.3 Å². The van der Waals surface area contributed by atoms with E-state index in [1.165, 1.54) is 0 Å². The molecule has 11 heavy (non-hydrogen) atoms. The normalized spacial score (nSPS) is 9.45. The molecule has 0 saturated heterocycles. The Labute approximate surface area is 69.2 Å². The second kappa shape index (κ2) is 4.03. The summed E-state index contributed by atoms with van der Waals surface area (Å²) >= 11 is 0.901. The van der Waals surface area contributed by atoms with Gasteiger partial charge in [-0.25, -0.2) is 4.79 Å². The highest BCUT2D eigenvalue weighted by atomic mass is 32.2. The van der Waals surface area contributed by atoms with Gasteiger partial charge in [0.25, 0.3) is 0 Å². The molecule has 3 heteroatoms. The lowest BCUT2D eigenvalue weighted by Gasteiger charge is -1.94. The fourth-order valence-electron chi connectivity index (χ4n) is 0.719. The summed E-state index contributed by atoms with van der Waals surface area (Å²) < 4.78 is 0. The maximum Gasteiger partial charge on any atom is 0.365 e. The summed E-state index contributed by atoms with van der Waals surface area (Å²) in [5.74, 6) is 0.538. The van der Waals surface area contributed by atoms with Gasteiger partial charge in [-0.3, -0.25) is 0 Å². The minimum atomic E-state index is -0.825. The second-order valence-corrected chi connectivity index (χ2v) is 2.97. The molecule has 0 spiro atoms. The Bertz CT molecular complexity index is 233. The molecule has 1 rings (SSSR count). The Morgan fingerprint density at radius 1 is 1.36 bits per heavy atom. The van der Waals surface area contributed by atoms with Crippen molar-refractivity contribution in [2.24, 2.45) is 0 Å². The molecule has 0 aliphatic rings. The summed E-state index contributed by atoms with van der Waals surface area (Å²) in [6, 6.07) is 9.54. The van der Waals surface area contributed by atoms with E-state index in [2.05, 4.69) is 0 Å². The number of hydrogen-bond acceptors (Lipinski definition) is 2. The van der Waals surface area contributed by atoms with Gasteiger partial charge in [0.1, 0.15) is 0 Å². The first-order valence-electron chi connectivity index (χ1n) is 3.18. The van der Waals surface area contributed by atoms with Crippen molar-refractivity contribution in [3.05, 3.63) is 35.9 Å². The van der Waals surface area contributed by atoms with Crippen molar-refractivity contribution in [1.29, 1.82) is 0 Å². The molecule has 0 fully saturated rings. The van der Waals surface area contributed by atoms with E-state index in [0.717, 1.165) is 17.3 Å². The van der Waals surface area contributed by atoms with E-state index >= 15 is 0 Å². The molecule has 0 aliphatic carbocycles. The minimum Gasteiger partial charge on any atom is -0.473 e. The van der Waals surface area contributed by atoms with Crippen LogP contribution in [-0.4, -0.2) is 10.4 Å². The van der Waals surface area contributed by atoms with Crippen molar-refractivity contribution >= 4 is 17.1 Å². The van der Waals surface area contributed by atoms with Crippen molar-refractivity contribution in [3.63, 3.8) is 0 Å². The highest BCUT2D eigenvalue weighted by Gasteiger charge is 1.97. The van der Waals surface area contributed by atoms with Crippen LogP contribution in [0.1, 0.15) is 5.56 Å². The fourth-order valence-corrected chi connectivity index (χ4v) is 1.20. The smallest absolute Gasteiger partial charge is 0.365 e. The summed E-state index contributed by atoms with van der Waals surface area (Å²) in [5.41, 5.74) is 1.04. The quantitative estimate of drug-likeness (QED) is 0.737. The number of rotatable bonds is 2. The molecule has 1 aromatic carbocycles. The Morgan fingerprint density at radius 2 is 2.00 bits per heavy atom. The molecule has 0 radical (unpaired) electrons. The summed E-state index contributed by atoms with van der Waals surface area (Å²) in [4.78, 5) is 10.1. The number of carboxylic acid groups (broad SMARTS) is 1. The van der Waals surface area contributed by atoms with Crippen LogP contribution < -0.4 is 0 Å². The van der Waals surface area contributed by atoms with Gasteiger partial charge in [0.15, 0.2) is 0 Å². The Kier molecular flexibility index (Phi) is 2.98. The van der Waals surface area contributed by atoms with Gasteiger partial charge in [-0.2, -0.15) is 0 Å². The number of hydrogen-bond donors (Lipinski definition) is 1. The number of carbonyl (C=O) groups is 1. The van der Waals surface area contributed by atoms with E-state index in [1.54, 1.807) is 0 Å². The fraction of sp³-hybridized carbons (Fsp3) is 0.125. The molecule has 58 valence electrons. The summed E-state index contributed by atoms with van der Waals surface area (Å²) in [6.07, 6.45) is 0. The van der Waals surface area contributed by atoms with Gasteiger partial charge in [-0.1, -0.05) is 30.3 Å². The molecule has 0 aromatic heterocycles. The predicted molar refractivity (Wildman–Crippen MR) is 45.8 cm³/mol. The first-order valence-corrected chi connectivity index (χ1v) is 4.17. The zero-order chi connectivity index (χ0) is 8.10. The monoisotopic (exact) mass is 168 g/mol. The van der Waals surface area contributed by atoms with Crippen LogP contribution in [0.25, 0.3) is 0 Å². The molecule has 1 N–H and O–H groups in total. The van der Waals surface area contributed by atoms with Crippen LogP contribution in [0.15, 0.2) is 30.3 Å². The van der Waals surface area contributed by atoms with Gasteiger partial charge >= 0.3 is 5.30 Å². The molecule has 2 nitrogen and oxygen atoms in total. The Balaban J connectivity index is 2.45. The van der Waals surface area contributed by atoms with Crippen molar-refractivity contribution in [3.8, 4) is 0 Å². The third kappa shape index (κ3) is 3.09. The van der Waals surface area contributed by atoms with Gasteiger partial charge in [0, 0.05) is 5.75 Å². The molecule has 0 unspecified atom stereocenters. The van der Waals surface area contributed by atoms with Crippen LogP contribution in [0.5, 0.6) is 0 Å². The van der Waals surface area contributed by atoms with E-state index < -0.39 is 5.30 Å². The molecular formula is C8H8O2S. The largest absolute Gasteiger partial charge is 0.473 e. The van der Waals surface area contributed by atoms with Gasteiger partial charge in [-0.05, 0) is 17.3 Å². The SMILES string of the molecule is O=C(O)SCc1ccccc1. The van der Waals surface area contributed by atoms with Crippen LogP contribution >= 0.6 is 11.8 Å². The average molecular weight is 168 g/mol. The molecule has 0 atom stereocenters. The van der Waals surface area contributed by atoms with Crippen LogP contribution in [-0.2, 0) is 5.75 Å². The number of thioether (sulfide) groups is 1. The highest BCUT2D eigenvalue weighted by molar-refractivity contribution is 8.12. The lowest BCUT2D eigenvalue weighted by molar-refractivity contribution is 0.222. The predicted octanol–water partition coefficient (Wildman–Crippen LogP) is 2.60. The third-order valence-corrected chi connectivity index (χ3v) is 1.93. The van der Waals surface area contributed by atoms with Crippen molar-refractivity contribution in [1.82, 2.24) is 0 Å². The molecule has 0 saturated carbocycles. The molecule has 0 bridgehead atoms. The van der Waals surface area contributed by atoms with E-state index in [9.17, 15) is 4.79 Å². The topological polar surface area (TPSA) is 37.3 Å². The standard InChI is InChI=1S/C8H8O2S/c9-8(10)11-6-7-4-2-1-3-5-7/h1-5H,6H2,(H,9,10). The van der Waals surface area contributed by atoms with Crippen LogP contribution in [0.4, 0.5) is 4.79 Å². The lowest BCUT2D eigenvalue weighted by atomic mass is 10.2. The number of benzene rings is 1. The lowest BCUT2D eigenvalue weighted by Crippen LogP contribution is -1.85. The molecule has 1 aromatic rings. The summed E-state index contributed by atoms with van der Waals surface area (Å²) in [6.45, 7) is 0. The summed E-state index contributed by atoms with van der Waals surface area (Å²) in [7, 11) is 0. The van der Waals surface area contributed by atoms with Crippen molar-refractivity contribution < 1.29 is 9.90 Å². The maximum absolute atomic E-state index is 10.1. The van der Waals surface area contributed by atoms with Crippen LogP contribution in [0, 0.1) is 0 Å². The van der Waals surface area contributed by atoms with E-state index in [0.29, 0.717) is 5.75 Å². The second-order valence-electron chi connectivity index (χ2n) is 2.04. The zero-order valence-corrected chi connectivity index (χ0v) is 6.67. The van der Waals surface area contributed by atoms with E-state index in [4.69, 9.17) is 5.11 Å². The Morgan fingerprint density at radius 3 is 2.55 bits per heavy atom. The first kappa shape index (κ1) is 8.14. The molecular weight excluding hydrogens is 160 g/mol. The highest BCUT2D eigenvalue weighted by Crippen LogP contribution is 2.11. The zero-order valence-electron chi connectivity index (χ0n) is 5.86. The summed E-state index contributed by atoms with van der Waals surface area (Å²) in [5, 5.41) is 7.51. The van der Waals surface area contributed by atoms with Crippen molar-refractivity contribution in [2.75, 3.05) is 0 Å². The molecule has 0 amide bonds. The molecule has 0 heterocycles. The van der Waals surface area contributed by atoms with Gasteiger partial charge in [0.05, 0.1) is 0 Å². The van der Waals surface area contributed by atoms with Gasteiger partial charge < -0.3 is 5.11 Å². The van der Waals surface area contributed by atoms with Crippen LogP contribution in [0.2, 0.25) is 0 Å². The van der Waals surface area contributed by atoms with E-state index in [-0.39, 0.29) is 0 Å². The minimum absolute atomic E-state index is 0.538. The van der Waals surface area contributed by atoms with Gasteiger partial charge in [-0.15, -0.1) is 0 Å². The first-order chi connectivity index (χ1) is 5.29. The van der Waals surface area contributed by atoms with Crippen molar-refractivity contribution in [2.45, 2.75) is 5.75 Å². The Hall–Kier alpha value is -0.960. The van der Waals surface area contributed by atoms with Gasteiger partial charge in [0.2, 0.25) is 0 Å². The average Bonchev–Trinajstić information content (AvgIpc) is 2.03. The van der Waals surface area contributed by atoms with Crippen LogP contribution in [0.3, 0.4) is 0 Å².